The number of nitrogens with zero attached hydrogens (tertiary/aromatic N) is 1. The lowest BCUT2D eigenvalue weighted by Crippen LogP contribution is -2.49. The maximum atomic E-state index is 13.1. The molecule has 2 rings (SSSR count). The summed E-state index contributed by atoms with van der Waals surface area (Å²) in [6.45, 7) is 5.91. The first kappa shape index (κ1) is 23.5. The Labute approximate surface area is 187 Å². The van der Waals surface area contributed by atoms with Gasteiger partial charge in [-0.25, -0.2) is 0 Å². The Morgan fingerprint density at radius 1 is 0.966 bits per heavy atom. The molecule has 0 bridgehead atoms. The second-order valence-electron chi connectivity index (χ2n) is 7.07. The van der Waals surface area contributed by atoms with Gasteiger partial charge in [-0.15, -0.1) is 0 Å². The molecule has 0 radical (unpaired) electrons. The topological polar surface area (TPSA) is 49.4 Å². The summed E-state index contributed by atoms with van der Waals surface area (Å²) >= 11 is 18.1. The average Bonchev–Trinajstić information content (AvgIpc) is 2.69. The molecule has 2 aromatic rings. The largest absolute Gasteiger partial charge is 0.352 e. The Morgan fingerprint density at radius 3 is 2.17 bits per heavy atom. The molecule has 29 heavy (non-hydrogen) atoms. The minimum absolute atomic E-state index is 0.0307. The van der Waals surface area contributed by atoms with Crippen LogP contribution >= 0.6 is 34.8 Å². The number of hydrogen-bond acceptors (Lipinski definition) is 2. The van der Waals surface area contributed by atoms with E-state index in [1.165, 1.54) is 0 Å². The normalized spacial score (nSPS) is 12.9. The Morgan fingerprint density at radius 2 is 1.59 bits per heavy atom. The fourth-order valence-electron chi connectivity index (χ4n) is 2.76. The van der Waals surface area contributed by atoms with Gasteiger partial charge in [0.25, 0.3) is 0 Å². The first-order valence-corrected chi connectivity index (χ1v) is 10.6. The van der Waals surface area contributed by atoms with Crippen molar-refractivity contribution >= 4 is 46.6 Å². The lowest BCUT2D eigenvalue weighted by molar-refractivity contribution is -0.140. The van der Waals surface area contributed by atoms with Gasteiger partial charge in [0, 0.05) is 17.6 Å². The van der Waals surface area contributed by atoms with Gasteiger partial charge in [0.2, 0.25) is 11.8 Å². The van der Waals surface area contributed by atoms with Crippen LogP contribution in [0.4, 0.5) is 0 Å². The predicted molar refractivity (Wildman–Crippen MR) is 120 cm³/mol. The summed E-state index contributed by atoms with van der Waals surface area (Å²) in [5, 5.41) is 4.40. The van der Waals surface area contributed by atoms with Crippen molar-refractivity contribution in [3.8, 4) is 0 Å². The van der Waals surface area contributed by atoms with E-state index in [2.05, 4.69) is 5.32 Å². The van der Waals surface area contributed by atoms with Gasteiger partial charge in [-0.05, 0) is 55.7 Å². The zero-order chi connectivity index (χ0) is 21.6. The summed E-state index contributed by atoms with van der Waals surface area (Å²) in [7, 11) is 0. The SMILES string of the molecule is CC[C@@H](C)NC(=O)[C@H](C)N(Cc1ccc(Cl)c(Cl)c1)C(=O)Cc1ccc(Cl)cc1. The molecule has 0 saturated carbocycles. The summed E-state index contributed by atoms with van der Waals surface area (Å²) < 4.78 is 0. The second kappa shape index (κ2) is 10.9. The van der Waals surface area contributed by atoms with Gasteiger partial charge in [-0.2, -0.15) is 0 Å². The number of amides is 2. The van der Waals surface area contributed by atoms with Crippen LogP contribution in [0.2, 0.25) is 15.1 Å². The van der Waals surface area contributed by atoms with Gasteiger partial charge in [0.05, 0.1) is 16.5 Å². The maximum absolute atomic E-state index is 13.1. The molecule has 0 aliphatic carbocycles. The molecule has 0 unspecified atom stereocenters. The van der Waals surface area contributed by atoms with E-state index in [1.807, 2.05) is 26.0 Å². The first-order chi connectivity index (χ1) is 13.7. The number of benzene rings is 2. The molecule has 2 amide bonds. The van der Waals surface area contributed by atoms with Crippen LogP contribution < -0.4 is 5.32 Å². The van der Waals surface area contributed by atoms with Gasteiger partial charge < -0.3 is 10.2 Å². The summed E-state index contributed by atoms with van der Waals surface area (Å²) in [5.41, 5.74) is 1.63. The average molecular weight is 456 g/mol. The van der Waals surface area contributed by atoms with Crippen molar-refractivity contribution < 1.29 is 9.59 Å². The van der Waals surface area contributed by atoms with Gasteiger partial charge in [0.15, 0.2) is 0 Å². The molecule has 0 saturated heterocycles. The molecule has 1 N–H and O–H groups in total. The fourth-order valence-corrected chi connectivity index (χ4v) is 3.21. The zero-order valence-corrected chi connectivity index (χ0v) is 19.0. The van der Waals surface area contributed by atoms with Crippen LogP contribution in [0.15, 0.2) is 42.5 Å². The molecule has 0 aliphatic heterocycles. The van der Waals surface area contributed by atoms with Gasteiger partial charge in [0.1, 0.15) is 6.04 Å². The molecule has 0 spiro atoms. The fraction of sp³-hybridized carbons (Fsp3) is 0.364. The van der Waals surface area contributed by atoms with E-state index in [1.54, 1.807) is 42.2 Å². The van der Waals surface area contributed by atoms with Crippen molar-refractivity contribution in [2.24, 2.45) is 0 Å². The van der Waals surface area contributed by atoms with E-state index in [-0.39, 0.29) is 30.8 Å². The molecule has 156 valence electrons. The van der Waals surface area contributed by atoms with Crippen LogP contribution in [0.25, 0.3) is 0 Å². The number of carbonyl (C=O) groups is 2. The molecule has 2 atom stereocenters. The number of nitrogens with one attached hydrogen (secondary N) is 1. The zero-order valence-electron chi connectivity index (χ0n) is 16.7. The van der Waals surface area contributed by atoms with E-state index >= 15 is 0 Å². The molecule has 0 aliphatic rings. The first-order valence-electron chi connectivity index (χ1n) is 9.49. The van der Waals surface area contributed by atoms with E-state index in [0.717, 1.165) is 17.5 Å². The summed E-state index contributed by atoms with van der Waals surface area (Å²) in [6, 6.07) is 11.7. The molecule has 2 aromatic carbocycles. The quantitative estimate of drug-likeness (QED) is 0.569. The van der Waals surface area contributed by atoms with E-state index in [4.69, 9.17) is 34.8 Å². The highest BCUT2D eigenvalue weighted by atomic mass is 35.5. The Kier molecular flexibility index (Phi) is 8.81. The van der Waals surface area contributed by atoms with Crippen molar-refractivity contribution in [3.63, 3.8) is 0 Å². The van der Waals surface area contributed by atoms with Gasteiger partial charge in [-0.1, -0.05) is 59.9 Å². The maximum Gasteiger partial charge on any atom is 0.242 e. The number of halogens is 3. The molecule has 0 aromatic heterocycles. The van der Waals surface area contributed by atoms with Crippen LogP contribution in [-0.4, -0.2) is 28.8 Å². The van der Waals surface area contributed by atoms with Crippen LogP contribution in [0, 0.1) is 0 Å². The Hall–Kier alpha value is -1.75. The van der Waals surface area contributed by atoms with Crippen molar-refractivity contribution in [2.75, 3.05) is 0 Å². The summed E-state index contributed by atoms with van der Waals surface area (Å²) in [6.07, 6.45) is 0.976. The molecular weight excluding hydrogens is 431 g/mol. The van der Waals surface area contributed by atoms with Crippen LogP contribution in [0.5, 0.6) is 0 Å². The van der Waals surface area contributed by atoms with E-state index in [0.29, 0.717) is 15.1 Å². The van der Waals surface area contributed by atoms with Crippen LogP contribution in [-0.2, 0) is 22.6 Å². The lowest BCUT2D eigenvalue weighted by atomic mass is 10.1. The molecular formula is C22H25Cl3N2O2. The number of carbonyl (C=O) groups excluding carboxylic acids is 2. The van der Waals surface area contributed by atoms with Gasteiger partial charge in [-0.3, -0.25) is 9.59 Å². The minimum atomic E-state index is -0.641. The van der Waals surface area contributed by atoms with Crippen LogP contribution in [0.3, 0.4) is 0 Å². The van der Waals surface area contributed by atoms with Crippen molar-refractivity contribution in [3.05, 3.63) is 68.7 Å². The van der Waals surface area contributed by atoms with E-state index < -0.39 is 6.04 Å². The standard InChI is InChI=1S/C22H25Cl3N2O2/c1-4-14(2)26-22(29)15(3)27(13-17-7-10-19(24)20(25)11-17)21(28)12-16-5-8-18(23)9-6-16/h5-11,14-15H,4,12-13H2,1-3H3,(H,26,29)/t14-,15+/m1/s1. The minimum Gasteiger partial charge on any atom is -0.352 e. The predicted octanol–water partition coefficient (Wildman–Crippen LogP) is 5.52. The molecule has 0 fully saturated rings. The van der Waals surface area contributed by atoms with Crippen molar-refractivity contribution in [2.45, 2.75) is 52.2 Å². The molecule has 7 heteroatoms. The highest BCUT2D eigenvalue weighted by Crippen LogP contribution is 2.24. The highest BCUT2D eigenvalue weighted by Gasteiger charge is 2.27. The monoisotopic (exact) mass is 454 g/mol. The Balaban J connectivity index is 2.25. The molecule has 4 nitrogen and oxygen atoms in total. The van der Waals surface area contributed by atoms with Crippen molar-refractivity contribution in [1.29, 1.82) is 0 Å². The molecule has 0 heterocycles. The third kappa shape index (κ3) is 6.91. The van der Waals surface area contributed by atoms with E-state index in [9.17, 15) is 9.59 Å². The third-order valence-electron chi connectivity index (χ3n) is 4.77. The lowest BCUT2D eigenvalue weighted by Gasteiger charge is -2.30. The number of hydrogen-bond donors (Lipinski definition) is 1. The van der Waals surface area contributed by atoms with Crippen LogP contribution in [0.1, 0.15) is 38.3 Å². The summed E-state index contributed by atoms with van der Waals surface area (Å²) in [5.74, 6) is -0.353. The third-order valence-corrected chi connectivity index (χ3v) is 5.76. The highest BCUT2D eigenvalue weighted by molar-refractivity contribution is 6.42. The second-order valence-corrected chi connectivity index (χ2v) is 8.32. The summed E-state index contributed by atoms with van der Waals surface area (Å²) in [4.78, 5) is 27.4. The van der Waals surface area contributed by atoms with Gasteiger partial charge >= 0.3 is 0 Å². The number of rotatable bonds is 8. The Bertz CT molecular complexity index is 856. The van der Waals surface area contributed by atoms with Crippen molar-refractivity contribution in [1.82, 2.24) is 10.2 Å². The smallest absolute Gasteiger partial charge is 0.242 e.